The van der Waals surface area contributed by atoms with E-state index < -0.39 is 0 Å². The zero-order valence-electron chi connectivity index (χ0n) is 10.8. The van der Waals surface area contributed by atoms with Crippen LogP contribution < -0.4 is 5.32 Å². The maximum absolute atomic E-state index is 3.49. The van der Waals surface area contributed by atoms with E-state index in [9.17, 15) is 0 Å². The minimum absolute atomic E-state index is 0.511. The maximum Gasteiger partial charge on any atom is 0.00436 e. The minimum Gasteiger partial charge on any atom is -0.315 e. The molecular weight excluding hydrogens is 170 g/mol. The first-order chi connectivity index (χ1) is 6.52. The fourth-order valence-corrected chi connectivity index (χ4v) is 2.21. The molecule has 0 aromatic rings. The molecule has 14 heavy (non-hydrogen) atoms. The van der Waals surface area contributed by atoms with Gasteiger partial charge in [0.15, 0.2) is 0 Å². The van der Waals surface area contributed by atoms with Crippen LogP contribution in [0.15, 0.2) is 0 Å². The highest BCUT2D eigenvalue weighted by molar-refractivity contribution is 4.74. The fraction of sp³-hybridized carbons (Fsp3) is 1.00. The summed E-state index contributed by atoms with van der Waals surface area (Å²) in [6.45, 7) is 12.6. The molecule has 1 atom stereocenters. The topological polar surface area (TPSA) is 12.0 Å². The van der Waals surface area contributed by atoms with E-state index >= 15 is 0 Å². The second-order valence-electron chi connectivity index (χ2n) is 5.28. The lowest BCUT2D eigenvalue weighted by Crippen LogP contribution is -2.31. The van der Waals surface area contributed by atoms with Gasteiger partial charge in [-0.3, -0.25) is 0 Å². The SMILES string of the molecule is CCCCCC(C)(C)CC(C)NCC. The first-order valence-corrected chi connectivity index (χ1v) is 6.25. The lowest BCUT2D eigenvalue weighted by atomic mass is 9.81. The predicted octanol–water partition coefficient (Wildman–Crippen LogP) is 3.98. The number of nitrogens with one attached hydrogen (secondary N) is 1. The van der Waals surface area contributed by atoms with E-state index in [1.54, 1.807) is 0 Å². The Morgan fingerprint density at radius 2 is 1.79 bits per heavy atom. The second kappa shape index (κ2) is 7.28. The molecule has 1 nitrogen and oxygen atoms in total. The van der Waals surface area contributed by atoms with E-state index in [4.69, 9.17) is 0 Å². The Balaban J connectivity index is 3.69. The molecule has 0 bridgehead atoms. The Labute approximate surface area is 90.7 Å². The van der Waals surface area contributed by atoms with E-state index in [0.29, 0.717) is 11.5 Å². The number of unbranched alkanes of at least 4 members (excludes halogenated alkanes) is 2. The molecular formula is C13H29N. The Kier molecular flexibility index (Phi) is 7.26. The third-order valence-electron chi connectivity index (χ3n) is 2.87. The normalized spacial score (nSPS) is 14.4. The molecule has 86 valence electrons. The van der Waals surface area contributed by atoms with Crippen LogP contribution in [0.1, 0.15) is 66.7 Å². The van der Waals surface area contributed by atoms with Crippen LogP contribution in [0.4, 0.5) is 0 Å². The Morgan fingerprint density at radius 3 is 2.29 bits per heavy atom. The van der Waals surface area contributed by atoms with Gasteiger partial charge in [0, 0.05) is 6.04 Å². The van der Waals surface area contributed by atoms with Crippen molar-refractivity contribution in [3.8, 4) is 0 Å². The molecule has 0 aromatic heterocycles. The fourth-order valence-electron chi connectivity index (χ4n) is 2.21. The van der Waals surface area contributed by atoms with E-state index in [1.165, 1.54) is 32.1 Å². The van der Waals surface area contributed by atoms with Crippen molar-refractivity contribution in [2.75, 3.05) is 6.54 Å². The Hall–Kier alpha value is -0.0400. The molecule has 0 aromatic carbocycles. The monoisotopic (exact) mass is 199 g/mol. The zero-order valence-corrected chi connectivity index (χ0v) is 10.8. The smallest absolute Gasteiger partial charge is 0.00436 e. The summed E-state index contributed by atoms with van der Waals surface area (Å²) in [4.78, 5) is 0. The van der Waals surface area contributed by atoms with Crippen LogP contribution in [0, 0.1) is 5.41 Å². The summed E-state index contributed by atoms with van der Waals surface area (Å²) in [5.41, 5.74) is 0.511. The highest BCUT2D eigenvalue weighted by Crippen LogP contribution is 2.29. The van der Waals surface area contributed by atoms with Crippen molar-refractivity contribution in [3.63, 3.8) is 0 Å². The summed E-state index contributed by atoms with van der Waals surface area (Å²) in [7, 11) is 0. The van der Waals surface area contributed by atoms with Crippen LogP contribution >= 0.6 is 0 Å². The summed E-state index contributed by atoms with van der Waals surface area (Å²) in [5.74, 6) is 0. The van der Waals surface area contributed by atoms with Crippen molar-refractivity contribution in [2.24, 2.45) is 5.41 Å². The minimum atomic E-state index is 0.511. The molecule has 1 heteroatoms. The maximum atomic E-state index is 3.49. The molecule has 0 aliphatic rings. The molecule has 1 unspecified atom stereocenters. The molecule has 0 aliphatic heterocycles. The lowest BCUT2D eigenvalue weighted by molar-refractivity contribution is 0.261. The molecule has 0 spiro atoms. The van der Waals surface area contributed by atoms with Crippen molar-refractivity contribution in [2.45, 2.75) is 72.8 Å². The average Bonchev–Trinajstić information content (AvgIpc) is 2.03. The predicted molar refractivity (Wildman–Crippen MR) is 65.7 cm³/mol. The molecule has 0 saturated carbocycles. The van der Waals surface area contributed by atoms with E-state index in [1.807, 2.05) is 0 Å². The van der Waals surface area contributed by atoms with Crippen molar-refractivity contribution >= 4 is 0 Å². The van der Waals surface area contributed by atoms with Crippen LogP contribution in [0.25, 0.3) is 0 Å². The van der Waals surface area contributed by atoms with Gasteiger partial charge in [0.2, 0.25) is 0 Å². The quantitative estimate of drug-likeness (QED) is 0.583. The summed E-state index contributed by atoms with van der Waals surface area (Å²) in [6, 6.07) is 0.664. The molecule has 0 heterocycles. The van der Waals surface area contributed by atoms with Crippen molar-refractivity contribution < 1.29 is 0 Å². The molecule has 0 aliphatic carbocycles. The van der Waals surface area contributed by atoms with Gasteiger partial charge < -0.3 is 5.32 Å². The van der Waals surface area contributed by atoms with Crippen LogP contribution in [0.3, 0.4) is 0 Å². The molecule has 0 radical (unpaired) electrons. The van der Waals surface area contributed by atoms with Gasteiger partial charge >= 0.3 is 0 Å². The highest BCUT2D eigenvalue weighted by Gasteiger charge is 2.19. The standard InChI is InChI=1S/C13H29N/c1-6-8-9-10-13(4,5)11-12(3)14-7-2/h12,14H,6-11H2,1-5H3. The summed E-state index contributed by atoms with van der Waals surface area (Å²) in [5, 5.41) is 3.49. The number of rotatable bonds is 8. The molecule has 0 amide bonds. The first kappa shape index (κ1) is 14.0. The van der Waals surface area contributed by atoms with Crippen LogP contribution in [0.5, 0.6) is 0 Å². The second-order valence-corrected chi connectivity index (χ2v) is 5.28. The number of hydrogen-bond acceptors (Lipinski definition) is 1. The third kappa shape index (κ3) is 7.37. The summed E-state index contributed by atoms with van der Waals surface area (Å²) in [6.07, 6.45) is 6.78. The number of hydrogen-bond donors (Lipinski definition) is 1. The van der Waals surface area contributed by atoms with Crippen molar-refractivity contribution in [1.29, 1.82) is 0 Å². The Morgan fingerprint density at radius 1 is 1.14 bits per heavy atom. The van der Waals surface area contributed by atoms with E-state index in [0.717, 1.165) is 6.54 Å². The van der Waals surface area contributed by atoms with Gasteiger partial charge in [0.05, 0.1) is 0 Å². The largest absolute Gasteiger partial charge is 0.315 e. The van der Waals surface area contributed by atoms with E-state index in [-0.39, 0.29) is 0 Å². The van der Waals surface area contributed by atoms with Crippen molar-refractivity contribution in [3.05, 3.63) is 0 Å². The van der Waals surface area contributed by atoms with Gasteiger partial charge in [-0.1, -0.05) is 47.0 Å². The van der Waals surface area contributed by atoms with Gasteiger partial charge in [-0.05, 0) is 31.7 Å². The molecule has 0 rings (SSSR count). The Bertz CT molecular complexity index is 129. The van der Waals surface area contributed by atoms with Crippen LogP contribution in [0.2, 0.25) is 0 Å². The van der Waals surface area contributed by atoms with Gasteiger partial charge in [0.25, 0.3) is 0 Å². The summed E-state index contributed by atoms with van der Waals surface area (Å²) >= 11 is 0. The van der Waals surface area contributed by atoms with E-state index in [2.05, 4.69) is 39.9 Å². The highest BCUT2D eigenvalue weighted by atomic mass is 14.9. The van der Waals surface area contributed by atoms with Gasteiger partial charge in [0.1, 0.15) is 0 Å². The van der Waals surface area contributed by atoms with Crippen LogP contribution in [-0.4, -0.2) is 12.6 Å². The third-order valence-corrected chi connectivity index (χ3v) is 2.87. The molecule has 0 saturated heterocycles. The van der Waals surface area contributed by atoms with Crippen LogP contribution in [-0.2, 0) is 0 Å². The zero-order chi connectivity index (χ0) is 11.0. The first-order valence-electron chi connectivity index (χ1n) is 6.25. The van der Waals surface area contributed by atoms with Gasteiger partial charge in [-0.2, -0.15) is 0 Å². The van der Waals surface area contributed by atoms with Gasteiger partial charge in [-0.15, -0.1) is 0 Å². The lowest BCUT2D eigenvalue weighted by Gasteiger charge is -2.28. The average molecular weight is 199 g/mol. The summed E-state index contributed by atoms with van der Waals surface area (Å²) < 4.78 is 0. The van der Waals surface area contributed by atoms with Gasteiger partial charge in [-0.25, -0.2) is 0 Å². The molecule has 0 fully saturated rings. The van der Waals surface area contributed by atoms with Crippen molar-refractivity contribution in [1.82, 2.24) is 5.32 Å². The molecule has 1 N–H and O–H groups in total.